The standard InChI is InChI=1S/C21H14FN3O3/c22-14-8-10-16(11-9-14)25-20(27)18(19(26)23-21(25)28)13-17-7-4-12-24(17)15-5-2-1-3-6-15/h1-13H,(H,23,26,28)/b18-13+. The summed E-state index contributed by atoms with van der Waals surface area (Å²) in [6.07, 6.45) is 3.23. The van der Waals surface area contributed by atoms with Gasteiger partial charge in [-0.1, -0.05) is 18.2 Å². The number of rotatable bonds is 3. The number of benzene rings is 2. The highest BCUT2D eigenvalue weighted by Crippen LogP contribution is 2.23. The van der Waals surface area contributed by atoms with E-state index in [2.05, 4.69) is 5.32 Å². The van der Waals surface area contributed by atoms with E-state index in [1.54, 1.807) is 18.3 Å². The van der Waals surface area contributed by atoms with Gasteiger partial charge in [-0.3, -0.25) is 14.9 Å². The maximum Gasteiger partial charge on any atom is 0.335 e. The Bertz CT molecular complexity index is 1100. The van der Waals surface area contributed by atoms with Crippen molar-refractivity contribution in [2.75, 3.05) is 4.90 Å². The number of barbiturate groups is 1. The lowest BCUT2D eigenvalue weighted by Crippen LogP contribution is -2.54. The van der Waals surface area contributed by atoms with E-state index in [-0.39, 0.29) is 11.3 Å². The van der Waals surface area contributed by atoms with Gasteiger partial charge in [-0.25, -0.2) is 14.1 Å². The molecule has 3 aromatic rings. The number of anilines is 1. The minimum Gasteiger partial charge on any atom is -0.317 e. The Kier molecular flexibility index (Phi) is 4.33. The van der Waals surface area contributed by atoms with Crippen molar-refractivity contribution in [1.82, 2.24) is 9.88 Å². The van der Waals surface area contributed by atoms with Crippen LogP contribution in [-0.2, 0) is 9.59 Å². The molecule has 1 aliphatic heterocycles. The molecule has 138 valence electrons. The molecule has 0 unspecified atom stereocenters. The average molecular weight is 375 g/mol. The average Bonchev–Trinajstić information content (AvgIpc) is 3.15. The number of nitrogens with one attached hydrogen (secondary N) is 1. The first-order chi connectivity index (χ1) is 13.5. The largest absolute Gasteiger partial charge is 0.335 e. The molecule has 28 heavy (non-hydrogen) atoms. The zero-order chi connectivity index (χ0) is 19.7. The predicted molar refractivity (Wildman–Crippen MR) is 101 cm³/mol. The van der Waals surface area contributed by atoms with Crippen LogP contribution in [0.25, 0.3) is 11.8 Å². The first-order valence-corrected chi connectivity index (χ1v) is 8.44. The molecule has 0 atom stereocenters. The van der Waals surface area contributed by atoms with Crippen molar-refractivity contribution in [2.45, 2.75) is 0 Å². The lowest BCUT2D eigenvalue weighted by Gasteiger charge is -2.26. The smallest absolute Gasteiger partial charge is 0.317 e. The van der Waals surface area contributed by atoms with Gasteiger partial charge in [-0.15, -0.1) is 0 Å². The number of nitrogens with zero attached hydrogens (tertiary/aromatic N) is 2. The fraction of sp³-hybridized carbons (Fsp3) is 0. The highest BCUT2D eigenvalue weighted by Gasteiger charge is 2.37. The maximum absolute atomic E-state index is 13.2. The lowest BCUT2D eigenvalue weighted by atomic mass is 10.1. The van der Waals surface area contributed by atoms with Gasteiger partial charge in [-0.2, -0.15) is 0 Å². The third-order valence-corrected chi connectivity index (χ3v) is 4.29. The van der Waals surface area contributed by atoms with Crippen LogP contribution in [0.3, 0.4) is 0 Å². The molecular formula is C21H14FN3O3. The summed E-state index contributed by atoms with van der Waals surface area (Å²) in [6, 6.07) is 16.9. The van der Waals surface area contributed by atoms with Gasteiger partial charge in [0, 0.05) is 17.6 Å². The minimum atomic E-state index is -0.878. The molecular weight excluding hydrogens is 361 g/mol. The first kappa shape index (κ1) is 17.4. The Labute approximate surface area is 159 Å². The molecule has 1 aromatic heterocycles. The number of hydrogen-bond donors (Lipinski definition) is 1. The second kappa shape index (κ2) is 6.96. The molecule has 6 nitrogen and oxygen atoms in total. The van der Waals surface area contributed by atoms with Crippen LogP contribution >= 0.6 is 0 Å². The molecule has 7 heteroatoms. The van der Waals surface area contributed by atoms with Crippen molar-refractivity contribution < 1.29 is 18.8 Å². The Balaban J connectivity index is 1.74. The second-order valence-corrected chi connectivity index (χ2v) is 6.07. The fourth-order valence-electron chi connectivity index (χ4n) is 2.97. The summed E-state index contributed by atoms with van der Waals surface area (Å²) in [5.41, 5.74) is 1.42. The van der Waals surface area contributed by atoms with Crippen LogP contribution in [0.15, 0.2) is 78.5 Å². The summed E-state index contributed by atoms with van der Waals surface area (Å²) in [6.45, 7) is 0. The van der Waals surface area contributed by atoms with Gasteiger partial charge in [0.05, 0.1) is 5.69 Å². The zero-order valence-corrected chi connectivity index (χ0v) is 14.5. The van der Waals surface area contributed by atoms with Crippen molar-refractivity contribution in [3.63, 3.8) is 0 Å². The van der Waals surface area contributed by atoms with Crippen LogP contribution in [0, 0.1) is 5.82 Å². The molecule has 2 aromatic carbocycles. The first-order valence-electron chi connectivity index (χ1n) is 8.44. The highest BCUT2D eigenvalue weighted by molar-refractivity contribution is 6.39. The van der Waals surface area contributed by atoms with Crippen LogP contribution in [0.1, 0.15) is 5.69 Å². The second-order valence-electron chi connectivity index (χ2n) is 6.07. The van der Waals surface area contributed by atoms with E-state index in [0.717, 1.165) is 22.7 Å². The van der Waals surface area contributed by atoms with Crippen molar-refractivity contribution in [3.8, 4) is 5.69 Å². The molecule has 1 fully saturated rings. The van der Waals surface area contributed by atoms with Crippen LogP contribution in [0.2, 0.25) is 0 Å². The van der Waals surface area contributed by atoms with Gasteiger partial charge < -0.3 is 4.57 Å². The molecule has 0 saturated carbocycles. The van der Waals surface area contributed by atoms with Gasteiger partial charge in [0.2, 0.25) is 0 Å². The summed E-state index contributed by atoms with van der Waals surface area (Å²) in [5.74, 6) is -2.06. The van der Waals surface area contributed by atoms with Gasteiger partial charge in [0.15, 0.2) is 0 Å². The van der Waals surface area contributed by atoms with E-state index in [0.29, 0.717) is 5.69 Å². The highest BCUT2D eigenvalue weighted by atomic mass is 19.1. The van der Waals surface area contributed by atoms with E-state index in [1.807, 2.05) is 34.9 Å². The molecule has 4 amide bonds. The number of halogens is 1. The SMILES string of the molecule is O=C1NC(=O)N(c2ccc(F)cc2)C(=O)/C1=C/c1cccn1-c1ccccc1. The topological polar surface area (TPSA) is 71.4 Å². The van der Waals surface area contributed by atoms with Crippen molar-refractivity contribution in [2.24, 2.45) is 0 Å². The number of amides is 4. The molecule has 2 heterocycles. The predicted octanol–water partition coefficient (Wildman–Crippen LogP) is 3.28. The van der Waals surface area contributed by atoms with Gasteiger partial charge >= 0.3 is 6.03 Å². The monoisotopic (exact) mass is 375 g/mol. The van der Waals surface area contributed by atoms with Crippen LogP contribution in [-0.4, -0.2) is 22.4 Å². The van der Waals surface area contributed by atoms with Crippen molar-refractivity contribution in [3.05, 3.63) is 90.0 Å². The van der Waals surface area contributed by atoms with E-state index >= 15 is 0 Å². The normalized spacial score (nSPS) is 15.8. The third-order valence-electron chi connectivity index (χ3n) is 4.29. The quantitative estimate of drug-likeness (QED) is 0.564. The summed E-state index contributed by atoms with van der Waals surface area (Å²) in [7, 11) is 0. The van der Waals surface area contributed by atoms with Crippen LogP contribution < -0.4 is 10.2 Å². The van der Waals surface area contributed by atoms with Gasteiger partial charge in [0.1, 0.15) is 11.4 Å². The Morgan fingerprint density at radius 3 is 2.25 bits per heavy atom. The molecule has 1 saturated heterocycles. The summed E-state index contributed by atoms with van der Waals surface area (Å²) >= 11 is 0. The van der Waals surface area contributed by atoms with Crippen molar-refractivity contribution >= 4 is 29.6 Å². The van der Waals surface area contributed by atoms with Gasteiger partial charge in [-0.05, 0) is 54.6 Å². The Morgan fingerprint density at radius 1 is 0.821 bits per heavy atom. The molecule has 0 bridgehead atoms. The van der Waals surface area contributed by atoms with Crippen LogP contribution in [0.5, 0.6) is 0 Å². The Hall–Kier alpha value is -4.00. The van der Waals surface area contributed by atoms with E-state index < -0.39 is 23.7 Å². The maximum atomic E-state index is 13.2. The lowest BCUT2D eigenvalue weighted by molar-refractivity contribution is -0.122. The number of aromatic nitrogens is 1. The molecule has 0 radical (unpaired) electrons. The zero-order valence-electron chi connectivity index (χ0n) is 14.5. The van der Waals surface area contributed by atoms with Crippen LogP contribution in [0.4, 0.5) is 14.9 Å². The van der Waals surface area contributed by atoms with Crippen molar-refractivity contribution in [1.29, 1.82) is 0 Å². The molecule has 1 aliphatic rings. The van der Waals surface area contributed by atoms with E-state index in [1.165, 1.54) is 18.2 Å². The number of hydrogen-bond acceptors (Lipinski definition) is 3. The summed E-state index contributed by atoms with van der Waals surface area (Å²) in [5, 5.41) is 2.15. The number of para-hydroxylation sites is 1. The molecule has 0 aliphatic carbocycles. The number of carbonyl (C=O) groups excluding carboxylic acids is 3. The fourth-order valence-corrected chi connectivity index (χ4v) is 2.97. The van der Waals surface area contributed by atoms with Gasteiger partial charge in [0.25, 0.3) is 11.8 Å². The molecule has 1 N–H and O–H groups in total. The number of carbonyl (C=O) groups is 3. The third kappa shape index (κ3) is 3.09. The molecule has 0 spiro atoms. The van der Waals surface area contributed by atoms with E-state index in [9.17, 15) is 18.8 Å². The summed E-state index contributed by atoms with van der Waals surface area (Å²) < 4.78 is 15.0. The summed E-state index contributed by atoms with van der Waals surface area (Å²) in [4.78, 5) is 38.2. The molecule has 4 rings (SSSR count). The van der Waals surface area contributed by atoms with E-state index in [4.69, 9.17) is 0 Å². The minimum absolute atomic E-state index is 0.167. The Morgan fingerprint density at radius 2 is 1.54 bits per heavy atom. The number of imide groups is 2. The number of urea groups is 1.